The first-order valence-corrected chi connectivity index (χ1v) is 8.25. The molecule has 1 unspecified atom stereocenters. The van der Waals surface area contributed by atoms with Gasteiger partial charge in [0.15, 0.2) is 0 Å². The lowest BCUT2D eigenvalue weighted by molar-refractivity contribution is 0.250. The monoisotopic (exact) mass is 310 g/mol. The summed E-state index contributed by atoms with van der Waals surface area (Å²) in [4.78, 5) is 1.95. The van der Waals surface area contributed by atoms with Gasteiger partial charge in [-0.05, 0) is 52.0 Å². The second-order valence-corrected chi connectivity index (χ2v) is 8.14. The van der Waals surface area contributed by atoms with Gasteiger partial charge in [0, 0.05) is 17.8 Å². The van der Waals surface area contributed by atoms with Crippen molar-refractivity contribution in [3.05, 3.63) is 24.3 Å². The predicted molar refractivity (Wildman–Crippen MR) is 83.5 cm³/mol. The maximum absolute atomic E-state index is 12.8. The highest BCUT2D eigenvalue weighted by Crippen LogP contribution is 2.29. The van der Waals surface area contributed by atoms with Crippen molar-refractivity contribution in [2.45, 2.75) is 44.2 Å². The van der Waals surface area contributed by atoms with Crippen molar-refractivity contribution in [3.8, 4) is 0 Å². The van der Waals surface area contributed by atoms with E-state index in [4.69, 9.17) is 11.1 Å². The number of nitrogens with two attached hydrogens (primary N) is 1. The van der Waals surface area contributed by atoms with Crippen LogP contribution in [-0.4, -0.2) is 41.7 Å². The fourth-order valence-electron chi connectivity index (χ4n) is 2.45. The standard InChI is InChI=1S/C14H22N4O2S/c1-10-9-17(14(2,3)4)13(16)18(10)21(19,20)12-7-5-11(15)6-8-12/h5-8,10,16H,9,15H2,1-4H3. The van der Waals surface area contributed by atoms with E-state index >= 15 is 0 Å². The predicted octanol–water partition coefficient (Wildman–Crippen LogP) is 1.70. The van der Waals surface area contributed by atoms with Gasteiger partial charge in [-0.3, -0.25) is 5.41 Å². The Morgan fingerprint density at radius 1 is 1.24 bits per heavy atom. The van der Waals surface area contributed by atoms with E-state index in [-0.39, 0.29) is 22.4 Å². The van der Waals surface area contributed by atoms with Crippen molar-refractivity contribution < 1.29 is 8.42 Å². The molecule has 7 heteroatoms. The zero-order chi connectivity index (χ0) is 16.0. The highest BCUT2D eigenvalue weighted by molar-refractivity contribution is 7.89. The van der Waals surface area contributed by atoms with E-state index < -0.39 is 10.0 Å². The molecule has 6 nitrogen and oxygen atoms in total. The molecule has 3 N–H and O–H groups in total. The second kappa shape index (κ2) is 4.91. The van der Waals surface area contributed by atoms with Gasteiger partial charge in [0.05, 0.1) is 10.9 Å². The lowest BCUT2D eigenvalue weighted by Crippen LogP contribution is -2.46. The maximum atomic E-state index is 12.8. The number of nitrogen functional groups attached to an aromatic ring is 1. The number of guanidine groups is 1. The third-order valence-electron chi connectivity index (χ3n) is 3.56. The summed E-state index contributed by atoms with van der Waals surface area (Å²) in [7, 11) is -3.74. The lowest BCUT2D eigenvalue weighted by Gasteiger charge is -2.33. The molecule has 0 radical (unpaired) electrons. The Morgan fingerprint density at radius 2 is 1.76 bits per heavy atom. The fraction of sp³-hybridized carbons (Fsp3) is 0.500. The zero-order valence-electron chi connectivity index (χ0n) is 12.8. The topological polar surface area (TPSA) is 90.5 Å². The largest absolute Gasteiger partial charge is 0.399 e. The molecule has 0 bridgehead atoms. The summed E-state index contributed by atoms with van der Waals surface area (Å²) < 4.78 is 26.7. The fourth-order valence-corrected chi connectivity index (χ4v) is 4.02. The highest BCUT2D eigenvalue weighted by Gasteiger charge is 2.43. The van der Waals surface area contributed by atoms with Crippen molar-refractivity contribution >= 4 is 21.7 Å². The van der Waals surface area contributed by atoms with Crippen LogP contribution in [0.5, 0.6) is 0 Å². The van der Waals surface area contributed by atoms with Crippen LogP contribution in [0, 0.1) is 5.41 Å². The van der Waals surface area contributed by atoms with Crippen molar-refractivity contribution in [2.24, 2.45) is 0 Å². The molecule has 1 atom stereocenters. The molecule has 0 aliphatic carbocycles. The minimum atomic E-state index is -3.74. The summed E-state index contributed by atoms with van der Waals surface area (Å²) in [6.07, 6.45) is 0. The molecular weight excluding hydrogens is 288 g/mol. The second-order valence-electron chi connectivity index (χ2n) is 6.32. The Bertz CT molecular complexity index is 647. The third kappa shape index (κ3) is 2.70. The summed E-state index contributed by atoms with van der Waals surface area (Å²) in [6.45, 7) is 8.22. The van der Waals surface area contributed by atoms with Crippen LogP contribution in [0.1, 0.15) is 27.7 Å². The van der Waals surface area contributed by atoms with Crippen LogP contribution >= 0.6 is 0 Å². The van der Waals surface area contributed by atoms with Gasteiger partial charge in [-0.2, -0.15) is 0 Å². The Labute approximate surface area is 126 Å². The summed E-state index contributed by atoms with van der Waals surface area (Å²) >= 11 is 0. The van der Waals surface area contributed by atoms with E-state index in [9.17, 15) is 8.42 Å². The molecule has 1 aliphatic heterocycles. The van der Waals surface area contributed by atoms with Crippen molar-refractivity contribution in [2.75, 3.05) is 12.3 Å². The van der Waals surface area contributed by atoms with E-state index in [0.29, 0.717) is 12.2 Å². The van der Waals surface area contributed by atoms with Gasteiger partial charge >= 0.3 is 0 Å². The molecule has 0 spiro atoms. The Kier molecular flexibility index (Phi) is 3.65. The first-order chi connectivity index (χ1) is 9.55. The number of sulfonamides is 1. The van der Waals surface area contributed by atoms with E-state index in [1.165, 1.54) is 16.4 Å². The Morgan fingerprint density at radius 3 is 2.19 bits per heavy atom. The molecule has 1 aromatic rings. The number of nitrogens with one attached hydrogen (secondary N) is 1. The Balaban J connectivity index is 2.41. The molecule has 0 saturated carbocycles. The van der Waals surface area contributed by atoms with Crippen molar-refractivity contribution in [1.82, 2.24) is 9.21 Å². The number of hydrogen-bond acceptors (Lipinski definition) is 4. The SMILES string of the molecule is CC1CN(C(C)(C)C)C(=N)N1S(=O)(=O)c1ccc(N)cc1. The van der Waals surface area contributed by atoms with Gasteiger partial charge in [0.2, 0.25) is 5.96 Å². The smallest absolute Gasteiger partial charge is 0.266 e. The minimum Gasteiger partial charge on any atom is -0.399 e. The molecule has 116 valence electrons. The van der Waals surface area contributed by atoms with Gasteiger partial charge in [-0.25, -0.2) is 12.7 Å². The summed E-state index contributed by atoms with van der Waals surface area (Å²) in [5, 5.41) is 8.24. The van der Waals surface area contributed by atoms with Crippen LogP contribution in [-0.2, 0) is 10.0 Å². The molecule has 0 amide bonds. The Hall–Kier alpha value is -1.76. The van der Waals surface area contributed by atoms with E-state index in [1.54, 1.807) is 17.0 Å². The third-order valence-corrected chi connectivity index (χ3v) is 5.48. The van der Waals surface area contributed by atoms with E-state index in [0.717, 1.165) is 0 Å². The zero-order valence-corrected chi connectivity index (χ0v) is 13.6. The molecule has 21 heavy (non-hydrogen) atoms. The van der Waals surface area contributed by atoms with E-state index in [1.807, 2.05) is 27.7 Å². The quantitative estimate of drug-likeness (QED) is 0.813. The molecule has 0 aromatic heterocycles. The number of nitrogens with zero attached hydrogens (tertiary/aromatic N) is 2. The van der Waals surface area contributed by atoms with Crippen LogP contribution in [0.4, 0.5) is 5.69 Å². The van der Waals surface area contributed by atoms with Crippen LogP contribution < -0.4 is 5.73 Å². The van der Waals surface area contributed by atoms with Crippen LogP contribution in [0.2, 0.25) is 0 Å². The number of hydrogen-bond donors (Lipinski definition) is 2. The average Bonchev–Trinajstić information content (AvgIpc) is 2.65. The summed E-state index contributed by atoms with van der Waals surface area (Å²) in [6, 6.07) is 5.78. The number of anilines is 1. The van der Waals surface area contributed by atoms with Gasteiger partial charge in [0.25, 0.3) is 10.0 Å². The first kappa shape index (κ1) is 15.6. The van der Waals surface area contributed by atoms with Gasteiger partial charge in [-0.1, -0.05) is 0 Å². The van der Waals surface area contributed by atoms with Crippen molar-refractivity contribution in [1.29, 1.82) is 5.41 Å². The molecule has 1 fully saturated rings. The molecule has 1 saturated heterocycles. The molecule has 1 aromatic carbocycles. The average molecular weight is 310 g/mol. The normalized spacial score (nSPS) is 20.2. The first-order valence-electron chi connectivity index (χ1n) is 6.81. The summed E-state index contributed by atoms with van der Waals surface area (Å²) in [5.74, 6) is 0.0202. The van der Waals surface area contributed by atoms with Crippen LogP contribution in [0.25, 0.3) is 0 Å². The molecular formula is C14H22N4O2S. The number of benzene rings is 1. The lowest BCUT2D eigenvalue weighted by atomic mass is 10.1. The molecule has 1 aliphatic rings. The van der Waals surface area contributed by atoms with Crippen LogP contribution in [0.15, 0.2) is 29.2 Å². The minimum absolute atomic E-state index is 0.0202. The van der Waals surface area contributed by atoms with Crippen LogP contribution in [0.3, 0.4) is 0 Å². The molecule has 2 rings (SSSR count). The van der Waals surface area contributed by atoms with Gasteiger partial charge < -0.3 is 10.6 Å². The van der Waals surface area contributed by atoms with Gasteiger partial charge in [-0.15, -0.1) is 0 Å². The van der Waals surface area contributed by atoms with Crippen molar-refractivity contribution in [3.63, 3.8) is 0 Å². The highest BCUT2D eigenvalue weighted by atomic mass is 32.2. The summed E-state index contributed by atoms with van der Waals surface area (Å²) in [5.41, 5.74) is 5.81. The van der Waals surface area contributed by atoms with Gasteiger partial charge in [0.1, 0.15) is 0 Å². The molecule has 1 heterocycles. The number of rotatable bonds is 2. The van der Waals surface area contributed by atoms with E-state index in [2.05, 4.69) is 0 Å². The maximum Gasteiger partial charge on any atom is 0.266 e.